The van der Waals surface area contributed by atoms with E-state index in [2.05, 4.69) is 4.98 Å². The molecule has 0 spiro atoms. The lowest BCUT2D eigenvalue weighted by atomic mass is 10.2. The first-order chi connectivity index (χ1) is 7.08. The van der Waals surface area contributed by atoms with E-state index in [0.717, 1.165) is 16.9 Å². The van der Waals surface area contributed by atoms with E-state index >= 15 is 0 Å². The van der Waals surface area contributed by atoms with Crippen molar-refractivity contribution >= 4 is 11.5 Å². The zero-order valence-corrected chi connectivity index (χ0v) is 8.69. The summed E-state index contributed by atoms with van der Waals surface area (Å²) in [6.45, 7) is 3.85. The van der Waals surface area contributed by atoms with Crippen LogP contribution in [0.15, 0.2) is 18.3 Å². The molecule has 0 bridgehead atoms. The van der Waals surface area contributed by atoms with Gasteiger partial charge in [0.1, 0.15) is 5.82 Å². The number of nitrogens with zero attached hydrogens (tertiary/aromatic N) is 2. The third kappa shape index (κ3) is 1.70. The van der Waals surface area contributed by atoms with Crippen LogP contribution in [0.5, 0.6) is 0 Å². The molecule has 0 radical (unpaired) electrons. The minimum Gasteiger partial charge on any atom is -0.481 e. The number of aliphatic carboxylic acids is 1. The van der Waals surface area contributed by atoms with E-state index in [4.69, 9.17) is 5.11 Å². The van der Waals surface area contributed by atoms with Crippen molar-refractivity contribution in [3.8, 4) is 0 Å². The van der Waals surface area contributed by atoms with Crippen LogP contribution in [0.3, 0.4) is 0 Å². The molecule has 0 aliphatic heterocycles. The predicted octanol–water partition coefficient (Wildman–Crippen LogP) is 1.58. The number of carbonyl (C=O) groups is 1. The van der Waals surface area contributed by atoms with Gasteiger partial charge in [-0.25, -0.2) is 4.98 Å². The highest BCUT2D eigenvalue weighted by Crippen LogP contribution is 2.15. The summed E-state index contributed by atoms with van der Waals surface area (Å²) >= 11 is 0. The molecule has 0 amide bonds. The number of imidazole rings is 1. The summed E-state index contributed by atoms with van der Waals surface area (Å²) in [5, 5.41) is 8.76. The lowest BCUT2D eigenvalue weighted by Crippen LogP contribution is -2.00. The van der Waals surface area contributed by atoms with E-state index in [1.54, 1.807) is 0 Å². The van der Waals surface area contributed by atoms with Gasteiger partial charge in [0.2, 0.25) is 0 Å². The van der Waals surface area contributed by atoms with Gasteiger partial charge in [0.25, 0.3) is 0 Å². The molecular formula is C11H12N2O2. The zero-order chi connectivity index (χ0) is 11.0. The first kappa shape index (κ1) is 9.71. The number of carboxylic acid groups (broad SMARTS) is 1. The van der Waals surface area contributed by atoms with Gasteiger partial charge in [-0.3, -0.25) is 4.79 Å². The molecule has 4 heteroatoms. The van der Waals surface area contributed by atoms with Gasteiger partial charge in [-0.1, -0.05) is 0 Å². The average Bonchev–Trinajstić information content (AvgIpc) is 2.42. The largest absolute Gasteiger partial charge is 0.481 e. The lowest BCUT2D eigenvalue weighted by molar-refractivity contribution is -0.136. The van der Waals surface area contributed by atoms with Gasteiger partial charge in [0.05, 0.1) is 17.6 Å². The van der Waals surface area contributed by atoms with E-state index in [-0.39, 0.29) is 6.42 Å². The van der Waals surface area contributed by atoms with E-state index in [9.17, 15) is 4.79 Å². The van der Waals surface area contributed by atoms with Crippen molar-refractivity contribution in [3.63, 3.8) is 0 Å². The second-order valence-corrected chi connectivity index (χ2v) is 3.64. The minimum absolute atomic E-state index is 0.0270. The highest BCUT2D eigenvalue weighted by Gasteiger charge is 2.10. The van der Waals surface area contributed by atoms with Crippen LogP contribution < -0.4 is 0 Å². The van der Waals surface area contributed by atoms with E-state index in [1.165, 1.54) is 0 Å². The van der Waals surface area contributed by atoms with E-state index in [1.807, 2.05) is 36.6 Å². The molecule has 0 saturated carbocycles. The van der Waals surface area contributed by atoms with E-state index in [0.29, 0.717) is 5.69 Å². The molecule has 0 aliphatic carbocycles. The summed E-state index contributed by atoms with van der Waals surface area (Å²) in [5.74, 6) is -0.0299. The van der Waals surface area contributed by atoms with Crippen molar-refractivity contribution in [2.24, 2.45) is 0 Å². The molecule has 2 aromatic heterocycles. The Morgan fingerprint density at radius 3 is 2.93 bits per heavy atom. The molecule has 4 nitrogen and oxygen atoms in total. The Labute approximate surface area is 87.2 Å². The molecule has 0 aliphatic rings. The molecule has 78 valence electrons. The van der Waals surface area contributed by atoms with Crippen LogP contribution in [0.4, 0.5) is 0 Å². The average molecular weight is 204 g/mol. The Bertz CT molecular complexity index is 529. The first-order valence-corrected chi connectivity index (χ1v) is 4.74. The normalized spacial score (nSPS) is 10.8. The molecule has 2 rings (SSSR count). The minimum atomic E-state index is -0.850. The summed E-state index contributed by atoms with van der Waals surface area (Å²) in [5.41, 5.74) is 2.62. The highest BCUT2D eigenvalue weighted by atomic mass is 16.4. The summed E-state index contributed by atoms with van der Waals surface area (Å²) in [4.78, 5) is 14.9. The fourth-order valence-electron chi connectivity index (χ4n) is 1.69. The Kier molecular flexibility index (Phi) is 2.19. The van der Waals surface area contributed by atoms with Gasteiger partial charge in [-0.15, -0.1) is 0 Å². The van der Waals surface area contributed by atoms with Gasteiger partial charge in [0, 0.05) is 6.20 Å². The summed E-state index contributed by atoms with van der Waals surface area (Å²) in [7, 11) is 0. The van der Waals surface area contributed by atoms with Gasteiger partial charge >= 0.3 is 5.97 Å². The summed E-state index contributed by atoms with van der Waals surface area (Å²) < 4.78 is 1.91. The van der Waals surface area contributed by atoms with Gasteiger partial charge in [0.15, 0.2) is 0 Å². The van der Waals surface area contributed by atoms with Crippen LogP contribution in [0, 0.1) is 13.8 Å². The first-order valence-electron chi connectivity index (χ1n) is 4.74. The fourth-order valence-corrected chi connectivity index (χ4v) is 1.69. The van der Waals surface area contributed by atoms with Crippen molar-refractivity contribution in [2.45, 2.75) is 20.3 Å². The number of pyridine rings is 1. The standard InChI is InChI=1S/C11H12N2O2/c1-7-3-4-13-8(2)12-9(6-11(14)15)10(13)5-7/h3-5H,6H2,1-2H3,(H,14,15). The number of hydrogen-bond acceptors (Lipinski definition) is 2. The molecule has 1 N–H and O–H groups in total. The van der Waals surface area contributed by atoms with Crippen LogP contribution in [0.25, 0.3) is 5.52 Å². The van der Waals surface area contributed by atoms with Gasteiger partial charge < -0.3 is 9.51 Å². The fraction of sp³-hybridized carbons (Fsp3) is 0.273. The summed E-state index contributed by atoms with van der Waals surface area (Å²) in [6, 6.07) is 3.94. The van der Waals surface area contributed by atoms with Crippen LogP contribution in [-0.2, 0) is 11.2 Å². The summed E-state index contributed by atoms with van der Waals surface area (Å²) in [6.07, 6.45) is 1.89. The molecule has 2 aromatic rings. The Hall–Kier alpha value is -1.84. The maximum atomic E-state index is 10.7. The smallest absolute Gasteiger partial charge is 0.309 e. The van der Waals surface area contributed by atoms with Gasteiger partial charge in [-0.05, 0) is 31.5 Å². The van der Waals surface area contributed by atoms with Crippen LogP contribution in [-0.4, -0.2) is 20.5 Å². The monoisotopic (exact) mass is 204 g/mol. The molecule has 0 unspecified atom stereocenters. The number of rotatable bonds is 2. The quantitative estimate of drug-likeness (QED) is 0.808. The second kappa shape index (κ2) is 3.38. The van der Waals surface area contributed by atoms with Crippen molar-refractivity contribution in [2.75, 3.05) is 0 Å². The maximum absolute atomic E-state index is 10.7. The number of carboxylic acids is 1. The molecule has 15 heavy (non-hydrogen) atoms. The zero-order valence-electron chi connectivity index (χ0n) is 8.69. The molecular weight excluding hydrogens is 192 g/mol. The Balaban J connectivity index is 2.64. The van der Waals surface area contributed by atoms with Crippen molar-refractivity contribution in [1.82, 2.24) is 9.38 Å². The lowest BCUT2D eigenvalue weighted by Gasteiger charge is -1.98. The molecule has 0 atom stereocenters. The third-order valence-electron chi connectivity index (χ3n) is 2.37. The van der Waals surface area contributed by atoms with Crippen molar-refractivity contribution in [1.29, 1.82) is 0 Å². The molecule has 0 saturated heterocycles. The number of hydrogen-bond donors (Lipinski definition) is 1. The molecule has 2 heterocycles. The van der Waals surface area contributed by atoms with Crippen molar-refractivity contribution in [3.05, 3.63) is 35.4 Å². The Morgan fingerprint density at radius 2 is 2.27 bits per heavy atom. The van der Waals surface area contributed by atoms with Crippen LogP contribution >= 0.6 is 0 Å². The maximum Gasteiger partial charge on any atom is 0.309 e. The number of aryl methyl sites for hydroxylation is 2. The van der Waals surface area contributed by atoms with Crippen LogP contribution in [0.2, 0.25) is 0 Å². The number of aromatic nitrogens is 2. The SMILES string of the molecule is Cc1ccn2c(C)nc(CC(=O)O)c2c1. The third-order valence-corrected chi connectivity index (χ3v) is 2.37. The Morgan fingerprint density at radius 1 is 1.53 bits per heavy atom. The highest BCUT2D eigenvalue weighted by molar-refractivity contribution is 5.73. The second-order valence-electron chi connectivity index (χ2n) is 3.64. The topological polar surface area (TPSA) is 54.6 Å². The molecule has 0 fully saturated rings. The van der Waals surface area contributed by atoms with E-state index < -0.39 is 5.97 Å². The van der Waals surface area contributed by atoms with Crippen molar-refractivity contribution < 1.29 is 9.90 Å². The molecule has 0 aromatic carbocycles. The predicted molar refractivity (Wildman–Crippen MR) is 56.0 cm³/mol. The number of fused-ring (bicyclic) bond motifs is 1. The van der Waals surface area contributed by atoms with Gasteiger partial charge in [-0.2, -0.15) is 0 Å². The van der Waals surface area contributed by atoms with Crippen LogP contribution in [0.1, 0.15) is 17.1 Å².